The average molecular weight is 901 g/mol. The lowest BCUT2D eigenvalue weighted by molar-refractivity contribution is -0.154. The molecule has 4 aliphatic carbocycles. The molecule has 0 radical (unpaired) electrons. The zero-order valence-corrected chi connectivity index (χ0v) is 39.1. The molecule has 4 saturated carbocycles. The molecular weight excluding hydrogens is 833 g/mol. The van der Waals surface area contributed by atoms with E-state index in [-0.39, 0.29) is 50.0 Å². The Kier molecular flexibility index (Phi) is 12.2. The van der Waals surface area contributed by atoms with E-state index in [1.54, 1.807) is 17.9 Å². The number of fused-ring (bicyclic) bond motifs is 7. The molecule has 3 aliphatic heterocycles. The molecule has 4 heterocycles. The molecule has 7 aliphatic rings. The largest absolute Gasteiger partial charge is 0.492 e. The van der Waals surface area contributed by atoms with Crippen molar-refractivity contribution in [1.29, 1.82) is 0 Å². The zero-order valence-electron chi connectivity index (χ0n) is 38.3. The number of pyridine rings is 1. The SMILES string of the molecule is C=C[C@@H]1C[C@]1(CC(=O)[C@@H]1C[C@@H]2CN1C(=O)[C@H](C(C)(C)C)CC(=O)O[C@@H]1C[C@H]1CCCCCc1c(nc3ccccc3c1OCCCN1CC3CCC1C3)O2)C(=O)NS(=O)(=O)C1(C)CC1. The molecule has 1 aromatic carbocycles. The van der Waals surface area contributed by atoms with E-state index in [1.807, 2.05) is 45.0 Å². The maximum Gasteiger partial charge on any atom is 0.306 e. The molecular formula is C50H68N4O9S. The number of benzene rings is 1. The maximum atomic E-state index is 15.0. The fraction of sp³-hybridized carbons (Fsp3) is 0.700. The van der Waals surface area contributed by atoms with Gasteiger partial charge in [0.1, 0.15) is 18.0 Å². The number of sulfonamides is 1. The molecule has 2 amide bonds. The lowest BCUT2D eigenvalue weighted by Gasteiger charge is -2.34. The lowest BCUT2D eigenvalue weighted by atomic mass is 9.77. The molecule has 0 spiro atoms. The highest BCUT2D eigenvalue weighted by atomic mass is 32.2. The third kappa shape index (κ3) is 9.07. The highest BCUT2D eigenvalue weighted by molar-refractivity contribution is 7.91. The van der Waals surface area contributed by atoms with Crippen molar-refractivity contribution >= 4 is 44.5 Å². The summed E-state index contributed by atoms with van der Waals surface area (Å²) in [6.07, 6.45) is 11.8. The predicted molar refractivity (Wildman–Crippen MR) is 242 cm³/mol. The first kappa shape index (κ1) is 45.1. The smallest absolute Gasteiger partial charge is 0.306 e. The second-order valence-corrected chi connectivity index (χ2v) is 23.9. The Balaban J connectivity index is 1.02. The van der Waals surface area contributed by atoms with E-state index in [0.717, 1.165) is 73.2 Å². The first-order valence-corrected chi connectivity index (χ1v) is 25.6. The van der Waals surface area contributed by atoms with Crippen LogP contribution in [0, 0.1) is 34.5 Å². The van der Waals surface area contributed by atoms with E-state index >= 15 is 0 Å². The molecule has 9 rings (SSSR count). The lowest BCUT2D eigenvalue weighted by Crippen LogP contribution is -2.49. The number of ketones is 1. The van der Waals surface area contributed by atoms with Crippen molar-refractivity contribution in [2.24, 2.45) is 34.5 Å². The van der Waals surface area contributed by atoms with Crippen LogP contribution in [0.1, 0.15) is 130 Å². The Bertz CT molecular complexity index is 2290. The minimum absolute atomic E-state index is 0.0561. The van der Waals surface area contributed by atoms with Crippen molar-refractivity contribution in [2.45, 2.75) is 159 Å². The summed E-state index contributed by atoms with van der Waals surface area (Å²) in [5.41, 5.74) is -0.365. The summed E-state index contributed by atoms with van der Waals surface area (Å²) in [6, 6.07) is 7.64. The third-order valence-electron chi connectivity index (χ3n) is 16.0. The van der Waals surface area contributed by atoms with Crippen molar-refractivity contribution in [2.75, 3.05) is 26.2 Å². The van der Waals surface area contributed by atoms with Crippen LogP contribution in [0.4, 0.5) is 0 Å². The molecule has 14 heteroatoms. The highest BCUT2D eigenvalue weighted by Gasteiger charge is 2.62. The number of Topliss-reactive ketones (excluding diaryl/α,β-unsaturated/α-hetero) is 1. The second kappa shape index (κ2) is 17.3. The van der Waals surface area contributed by atoms with Crippen molar-refractivity contribution < 1.29 is 41.8 Å². The van der Waals surface area contributed by atoms with Crippen LogP contribution < -0.4 is 14.2 Å². The normalized spacial score (nSPS) is 32.7. The topological polar surface area (TPSA) is 162 Å². The fourth-order valence-electron chi connectivity index (χ4n) is 11.3. The molecule has 1 aromatic heterocycles. The van der Waals surface area contributed by atoms with Gasteiger partial charge in [-0.25, -0.2) is 13.4 Å². The van der Waals surface area contributed by atoms with Crippen LogP contribution in [-0.2, 0) is 40.4 Å². The van der Waals surface area contributed by atoms with Gasteiger partial charge in [-0.1, -0.05) is 51.8 Å². The van der Waals surface area contributed by atoms with E-state index in [1.165, 1.54) is 25.8 Å². The van der Waals surface area contributed by atoms with E-state index in [2.05, 4.69) is 16.2 Å². The molecule has 348 valence electrons. The van der Waals surface area contributed by atoms with E-state index < -0.39 is 61.5 Å². The van der Waals surface area contributed by atoms with Crippen molar-refractivity contribution in [3.8, 4) is 11.6 Å². The Morgan fingerprint density at radius 1 is 1.03 bits per heavy atom. The number of carbonyl (C=O) groups is 4. The Morgan fingerprint density at radius 3 is 2.53 bits per heavy atom. The first-order valence-electron chi connectivity index (χ1n) is 24.2. The number of para-hydroxylation sites is 1. The molecule has 4 bridgehead atoms. The number of allylic oxidation sites excluding steroid dienone is 1. The average Bonchev–Trinajstić information content (AvgIpc) is 4.18. The molecule has 2 saturated heterocycles. The van der Waals surface area contributed by atoms with E-state index in [9.17, 15) is 27.6 Å². The number of ether oxygens (including phenoxy) is 3. The second-order valence-electron chi connectivity index (χ2n) is 21.7. The minimum Gasteiger partial charge on any atom is -0.492 e. The summed E-state index contributed by atoms with van der Waals surface area (Å²) in [4.78, 5) is 66.5. The van der Waals surface area contributed by atoms with Gasteiger partial charge in [0, 0.05) is 37.4 Å². The molecule has 13 nitrogen and oxygen atoms in total. The molecule has 1 N–H and O–H groups in total. The first-order chi connectivity index (χ1) is 30.5. The molecule has 9 atom stereocenters. The van der Waals surface area contributed by atoms with E-state index in [0.29, 0.717) is 43.7 Å². The van der Waals surface area contributed by atoms with Gasteiger partial charge in [-0.15, -0.1) is 6.58 Å². The Morgan fingerprint density at radius 2 is 1.83 bits per heavy atom. The van der Waals surface area contributed by atoms with Crippen LogP contribution in [0.2, 0.25) is 0 Å². The predicted octanol–water partition coefficient (Wildman–Crippen LogP) is 7.09. The summed E-state index contributed by atoms with van der Waals surface area (Å²) < 4.78 is 47.4. The Labute approximate surface area is 378 Å². The number of esters is 1. The number of likely N-dealkylation sites (tertiary alicyclic amines) is 1. The van der Waals surface area contributed by atoms with Gasteiger partial charge in [0.2, 0.25) is 27.7 Å². The van der Waals surface area contributed by atoms with Gasteiger partial charge in [-0.3, -0.25) is 28.8 Å². The third-order valence-corrected chi connectivity index (χ3v) is 18.2. The number of aromatic nitrogens is 1. The molecule has 64 heavy (non-hydrogen) atoms. The van der Waals surface area contributed by atoms with Crippen molar-refractivity contribution in [3.05, 3.63) is 42.5 Å². The quantitative estimate of drug-likeness (QED) is 0.132. The molecule has 6 fully saturated rings. The van der Waals surface area contributed by atoms with Gasteiger partial charge in [0.25, 0.3) is 0 Å². The van der Waals surface area contributed by atoms with Gasteiger partial charge in [0.15, 0.2) is 5.78 Å². The minimum atomic E-state index is -3.96. The number of nitrogens with zero attached hydrogens (tertiary/aromatic N) is 3. The number of rotatable bonds is 12. The summed E-state index contributed by atoms with van der Waals surface area (Å²) in [5, 5.41) is 0.918. The standard InChI is InChI=1S/C50H68N4O9S/c1-6-33-27-50(33,47(58)52-64(59,60)49(5)19-20-49)28-41(55)40-25-35-30-54(40)46(57)38(48(2,3)4)26-43(56)63-42-24-32(42)13-8-7-9-15-37-44(36-14-10-11-16-39(36)51-45(37)62-35)61-22-12-21-53-29-31-17-18-34(53)23-31/h6,10-11,14,16,31-35,38,40,42H,1,7-9,12-13,15,17-30H2,2-5H3,(H,52,58)/t31?,32-,33-,34?,35-,38-,40+,42-,50-/m1/s1. The summed E-state index contributed by atoms with van der Waals surface area (Å²) in [5.74, 6) is -0.736. The summed E-state index contributed by atoms with van der Waals surface area (Å²) in [6.45, 7) is 14.0. The Hall–Kier alpha value is -4.04. The van der Waals surface area contributed by atoms with Crippen molar-refractivity contribution in [3.63, 3.8) is 0 Å². The van der Waals surface area contributed by atoms with Crippen LogP contribution in [0.25, 0.3) is 10.9 Å². The number of piperidine rings is 1. The van der Waals surface area contributed by atoms with E-state index in [4.69, 9.17) is 19.2 Å². The number of nitrogens with one attached hydrogen (secondary N) is 1. The molecule has 2 unspecified atom stereocenters. The van der Waals surface area contributed by atoms with Gasteiger partial charge in [-0.2, -0.15) is 0 Å². The summed E-state index contributed by atoms with van der Waals surface area (Å²) >= 11 is 0. The van der Waals surface area contributed by atoms with Crippen LogP contribution >= 0.6 is 0 Å². The van der Waals surface area contributed by atoms with Gasteiger partial charge >= 0.3 is 5.97 Å². The van der Waals surface area contributed by atoms with Crippen LogP contribution in [0.5, 0.6) is 11.6 Å². The van der Waals surface area contributed by atoms with Gasteiger partial charge < -0.3 is 19.1 Å². The number of hydrogen-bond acceptors (Lipinski definition) is 11. The van der Waals surface area contributed by atoms with Crippen LogP contribution in [-0.4, -0.2) is 102 Å². The molecule has 2 aromatic rings. The number of carbonyl (C=O) groups excluding carboxylic acids is 4. The zero-order chi connectivity index (χ0) is 45.2. The van der Waals surface area contributed by atoms with Gasteiger partial charge in [-0.05, 0) is 113 Å². The van der Waals surface area contributed by atoms with Crippen LogP contribution in [0.3, 0.4) is 0 Å². The van der Waals surface area contributed by atoms with Crippen molar-refractivity contribution in [1.82, 2.24) is 19.5 Å². The monoisotopic (exact) mass is 900 g/mol. The fourth-order valence-corrected chi connectivity index (χ4v) is 12.7. The maximum absolute atomic E-state index is 15.0. The number of hydrogen-bond donors (Lipinski definition) is 1. The highest BCUT2D eigenvalue weighted by Crippen LogP contribution is 2.57. The number of amides is 2. The van der Waals surface area contributed by atoms with Gasteiger partial charge in [0.05, 0.1) is 52.8 Å². The van der Waals surface area contributed by atoms with Crippen LogP contribution in [0.15, 0.2) is 36.9 Å². The summed E-state index contributed by atoms with van der Waals surface area (Å²) in [7, 11) is -3.96.